The Kier molecular flexibility index (Phi) is 12.4. The van der Waals surface area contributed by atoms with Gasteiger partial charge in [0.2, 0.25) is 5.82 Å². The zero-order valence-corrected chi connectivity index (χ0v) is 30.2. The third kappa shape index (κ3) is 11.3. The molecule has 2 heterocycles. The van der Waals surface area contributed by atoms with E-state index in [1.54, 1.807) is 4.68 Å². The second kappa shape index (κ2) is 15.3. The second-order valence-electron chi connectivity index (χ2n) is 12.2. The Morgan fingerprint density at radius 1 is 0.738 bits per heavy atom. The number of rotatable bonds is 12. The molecule has 0 bridgehead atoms. The predicted molar refractivity (Wildman–Crippen MR) is 179 cm³/mol. The van der Waals surface area contributed by atoms with Crippen LogP contribution in [0.3, 0.4) is 0 Å². The third-order valence-corrected chi connectivity index (χ3v) is 10.7. The number of halogens is 2. The quantitative estimate of drug-likeness (QED) is 0.100. The molecule has 4 rings (SSSR count). The molecule has 0 aliphatic carbocycles. The summed E-state index contributed by atoms with van der Waals surface area (Å²) in [5, 5.41) is 24.1. The van der Waals surface area contributed by atoms with E-state index in [1.165, 1.54) is 4.80 Å². The second-order valence-corrected chi connectivity index (χ2v) is 25.1. The van der Waals surface area contributed by atoms with Crippen LogP contribution in [0.25, 0.3) is 22.8 Å². The predicted octanol–water partition coefficient (Wildman–Crippen LogP) is 5.99. The van der Waals surface area contributed by atoms with E-state index in [0.29, 0.717) is 36.5 Å². The molecule has 4 N–H and O–H groups in total. The average molecular weight is 741 g/mol. The van der Waals surface area contributed by atoms with Gasteiger partial charge in [0.1, 0.15) is 6.73 Å². The minimum absolute atomic E-state index is 0.317. The molecule has 0 fully saturated rings. The molecule has 42 heavy (non-hydrogen) atoms. The van der Waals surface area contributed by atoms with E-state index in [9.17, 15) is 0 Å². The van der Waals surface area contributed by atoms with E-state index in [0.717, 1.165) is 45.4 Å². The standard InChI is InChI=1S/2C13H20BrN5OSi/c1-21(2,3)7-6-20-9-19-13(16-17-18-19)11-8-10(15)4-5-12(11)14;1-21(2,3)7-6-20-9-19-17-13(16-18-19)11-8-10(15)4-5-12(11)14/h2*4-5,8H,6-7,9,15H2,1-3H3. The molecule has 0 spiro atoms. The molecule has 4 aromatic rings. The van der Waals surface area contributed by atoms with Crippen LogP contribution in [0.4, 0.5) is 11.4 Å². The molecule has 2 aromatic carbocycles. The van der Waals surface area contributed by atoms with Crippen LogP contribution in [0.2, 0.25) is 51.4 Å². The fourth-order valence-electron chi connectivity index (χ4n) is 3.37. The summed E-state index contributed by atoms with van der Waals surface area (Å²) in [5.41, 5.74) is 14.6. The van der Waals surface area contributed by atoms with Gasteiger partial charge in [0.15, 0.2) is 12.6 Å². The molecule has 2 aromatic heterocycles. The first-order valence-corrected chi connectivity index (χ1v) is 22.5. The summed E-state index contributed by atoms with van der Waals surface area (Å²) in [7, 11) is -2.15. The maximum atomic E-state index is 5.83. The molecule has 0 saturated heterocycles. The summed E-state index contributed by atoms with van der Waals surface area (Å²) in [4.78, 5) is 1.45. The van der Waals surface area contributed by atoms with E-state index in [2.05, 4.69) is 102 Å². The number of anilines is 2. The van der Waals surface area contributed by atoms with Gasteiger partial charge in [0.05, 0.1) is 0 Å². The van der Waals surface area contributed by atoms with Gasteiger partial charge in [-0.25, -0.2) is 0 Å². The van der Waals surface area contributed by atoms with Crippen molar-refractivity contribution in [2.24, 2.45) is 0 Å². The van der Waals surface area contributed by atoms with Gasteiger partial charge in [-0.05, 0) is 64.1 Å². The topological polar surface area (TPSA) is 158 Å². The van der Waals surface area contributed by atoms with Crippen molar-refractivity contribution in [2.45, 2.75) is 64.8 Å². The highest BCUT2D eigenvalue weighted by atomic mass is 79.9. The van der Waals surface area contributed by atoms with Crippen LogP contribution in [-0.2, 0) is 22.9 Å². The number of hydrogen-bond donors (Lipinski definition) is 2. The highest BCUT2D eigenvalue weighted by Gasteiger charge is 2.16. The first-order chi connectivity index (χ1) is 19.7. The van der Waals surface area contributed by atoms with Gasteiger partial charge >= 0.3 is 0 Å². The van der Waals surface area contributed by atoms with Gasteiger partial charge in [-0.1, -0.05) is 71.1 Å². The van der Waals surface area contributed by atoms with Crippen LogP contribution >= 0.6 is 31.9 Å². The average Bonchev–Trinajstić information content (AvgIpc) is 3.56. The van der Waals surface area contributed by atoms with Crippen LogP contribution in [0, 0.1) is 0 Å². The Hall–Kier alpha value is -2.51. The summed E-state index contributed by atoms with van der Waals surface area (Å²) in [6.45, 7) is 16.0. The van der Waals surface area contributed by atoms with Crippen molar-refractivity contribution in [2.75, 3.05) is 24.7 Å². The van der Waals surface area contributed by atoms with Gasteiger partial charge in [0, 0.05) is 60.8 Å². The lowest BCUT2D eigenvalue weighted by Gasteiger charge is -2.15. The van der Waals surface area contributed by atoms with Gasteiger partial charge in [0.25, 0.3) is 0 Å². The van der Waals surface area contributed by atoms with E-state index < -0.39 is 16.1 Å². The Morgan fingerprint density at radius 2 is 1.29 bits per heavy atom. The molecule has 0 atom stereocenters. The molecule has 0 unspecified atom stereocenters. The van der Waals surface area contributed by atoms with Crippen LogP contribution in [0.1, 0.15) is 0 Å². The van der Waals surface area contributed by atoms with Crippen LogP contribution in [-0.4, -0.2) is 69.8 Å². The first kappa shape index (κ1) is 34.0. The lowest BCUT2D eigenvalue weighted by molar-refractivity contribution is 0.0674. The van der Waals surface area contributed by atoms with Crippen LogP contribution < -0.4 is 11.5 Å². The van der Waals surface area contributed by atoms with Crippen LogP contribution in [0.5, 0.6) is 0 Å². The highest BCUT2D eigenvalue weighted by Crippen LogP contribution is 2.29. The normalized spacial score (nSPS) is 11.8. The Morgan fingerprint density at radius 3 is 1.88 bits per heavy atom. The summed E-state index contributed by atoms with van der Waals surface area (Å²) >= 11 is 6.96. The van der Waals surface area contributed by atoms with E-state index >= 15 is 0 Å². The zero-order chi connectivity index (χ0) is 30.9. The smallest absolute Gasteiger partial charge is 0.206 e. The molecular formula is C26H40Br2N10O2Si2. The minimum Gasteiger partial charge on any atom is -0.399 e. The fourth-order valence-corrected chi connectivity index (χ4v) is 5.73. The summed E-state index contributed by atoms with van der Waals surface area (Å²) < 4.78 is 14.7. The van der Waals surface area contributed by atoms with Crippen molar-refractivity contribution in [1.82, 2.24) is 40.4 Å². The number of hydrogen-bond acceptors (Lipinski definition) is 10. The molecule has 228 valence electrons. The van der Waals surface area contributed by atoms with Gasteiger partial charge in [-0.3, -0.25) is 0 Å². The number of aromatic nitrogens is 8. The summed E-state index contributed by atoms with van der Waals surface area (Å²) in [5.74, 6) is 1.17. The Balaban J connectivity index is 0.000000230. The SMILES string of the molecule is C[Si](C)(C)CCOCn1nnc(-c2cc(N)ccc2Br)n1.C[Si](C)(C)CCOCn1nnnc1-c1cc(N)ccc1Br. The number of nitrogen functional groups attached to an aromatic ring is 2. The van der Waals surface area contributed by atoms with Gasteiger partial charge in [-0.15, -0.1) is 20.1 Å². The number of nitrogens with two attached hydrogens (primary N) is 2. The molecule has 0 radical (unpaired) electrons. The van der Waals surface area contributed by atoms with Gasteiger partial charge in [-0.2, -0.15) is 4.68 Å². The van der Waals surface area contributed by atoms with Gasteiger partial charge < -0.3 is 20.9 Å². The van der Waals surface area contributed by atoms with Crippen LogP contribution in [0.15, 0.2) is 45.3 Å². The van der Waals surface area contributed by atoms with Crippen molar-refractivity contribution in [1.29, 1.82) is 0 Å². The highest BCUT2D eigenvalue weighted by molar-refractivity contribution is 9.11. The lowest BCUT2D eigenvalue weighted by atomic mass is 10.2. The van der Waals surface area contributed by atoms with E-state index in [1.807, 2.05) is 36.4 Å². The number of nitrogens with zero attached hydrogens (tertiary/aromatic N) is 8. The molecular weight excluding hydrogens is 700 g/mol. The number of ether oxygens (including phenoxy) is 2. The fraction of sp³-hybridized carbons (Fsp3) is 0.462. The zero-order valence-electron chi connectivity index (χ0n) is 25.0. The molecule has 0 aliphatic heterocycles. The first-order valence-electron chi connectivity index (χ1n) is 13.5. The van der Waals surface area contributed by atoms with Crippen molar-refractivity contribution in [3.8, 4) is 22.8 Å². The summed E-state index contributed by atoms with van der Waals surface area (Å²) in [6.07, 6.45) is 0. The van der Waals surface area contributed by atoms with Crippen molar-refractivity contribution >= 4 is 59.4 Å². The van der Waals surface area contributed by atoms with Crippen molar-refractivity contribution in [3.05, 3.63) is 45.3 Å². The minimum atomic E-state index is -1.08. The molecule has 0 aliphatic rings. The largest absolute Gasteiger partial charge is 0.399 e. The Labute approximate surface area is 265 Å². The lowest BCUT2D eigenvalue weighted by Crippen LogP contribution is -2.22. The number of tetrazole rings is 2. The Bertz CT molecular complexity index is 1440. The van der Waals surface area contributed by atoms with E-state index in [-0.39, 0.29) is 0 Å². The summed E-state index contributed by atoms with van der Waals surface area (Å²) in [6, 6.07) is 13.3. The third-order valence-electron chi connectivity index (χ3n) is 5.86. The molecule has 12 nitrogen and oxygen atoms in total. The molecule has 0 amide bonds. The maximum Gasteiger partial charge on any atom is 0.206 e. The maximum absolute atomic E-state index is 5.83. The number of benzene rings is 2. The van der Waals surface area contributed by atoms with Crippen molar-refractivity contribution in [3.63, 3.8) is 0 Å². The monoisotopic (exact) mass is 738 g/mol. The van der Waals surface area contributed by atoms with E-state index in [4.69, 9.17) is 20.9 Å². The molecule has 0 saturated carbocycles. The molecule has 16 heteroatoms. The van der Waals surface area contributed by atoms with Crippen molar-refractivity contribution < 1.29 is 9.47 Å².